The highest BCUT2D eigenvalue weighted by Crippen LogP contribution is 2.32. The van der Waals surface area contributed by atoms with Crippen LogP contribution >= 0.6 is 0 Å². The van der Waals surface area contributed by atoms with Gasteiger partial charge in [-0.2, -0.15) is 4.31 Å². The lowest BCUT2D eigenvalue weighted by atomic mass is 10.1. The van der Waals surface area contributed by atoms with E-state index in [1.807, 2.05) is 25.1 Å². The van der Waals surface area contributed by atoms with Gasteiger partial charge in [-0.3, -0.25) is 14.5 Å². The number of amides is 2. The van der Waals surface area contributed by atoms with Crippen LogP contribution in [-0.4, -0.2) is 99.6 Å². The molecule has 2 aliphatic heterocycles. The van der Waals surface area contributed by atoms with Crippen LogP contribution in [0.25, 0.3) is 0 Å². The zero-order valence-corrected chi connectivity index (χ0v) is 20.9. The zero-order valence-electron chi connectivity index (χ0n) is 20.1. The normalized spacial score (nSPS) is 19.6. The number of benzene rings is 1. The minimum atomic E-state index is -3.27. The van der Waals surface area contributed by atoms with Gasteiger partial charge in [0.1, 0.15) is 0 Å². The summed E-state index contributed by atoms with van der Waals surface area (Å²) in [5.41, 5.74) is 0.854. The first kappa shape index (κ1) is 26.2. The van der Waals surface area contributed by atoms with Gasteiger partial charge in [-0.05, 0) is 32.3 Å². The van der Waals surface area contributed by atoms with Crippen molar-refractivity contribution >= 4 is 21.8 Å². The molecular weight excluding hydrogens is 460 g/mol. The van der Waals surface area contributed by atoms with E-state index in [2.05, 4.69) is 5.32 Å². The van der Waals surface area contributed by atoms with E-state index in [0.29, 0.717) is 50.9 Å². The fourth-order valence-electron chi connectivity index (χ4n) is 4.15. The van der Waals surface area contributed by atoms with E-state index >= 15 is 0 Å². The van der Waals surface area contributed by atoms with Crippen LogP contribution < -0.4 is 14.8 Å². The Hall–Kier alpha value is -2.37. The molecule has 1 aromatic carbocycles. The summed E-state index contributed by atoms with van der Waals surface area (Å²) in [6, 6.07) is 5.68. The van der Waals surface area contributed by atoms with Gasteiger partial charge >= 0.3 is 0 Å². The van der Waals surface area contributed by atoms with Crippen LogP contribution in [0.4, 0.5) is 0 Å². The summed E-state index contributed by atoms with van der Waals surface area (Å²) in [6.45, 7) is 5.25. The molecule has 0 aromatic heterocycles. The summed E-state index contributed by atoms with van der Waals surface area (Å²) in [4.78, 5) is 29.1. The quantitative estimate of drug-likeness (QED) is 0.638. The smallest absolute Gasteiger partial charge is 0.236 e. The zero-order chi connectivity index (χ0) is 24.6. The molecule has 0 unspecified atom stereocenters. The van der Waals surface area contributed by atoms with Crippen LogP contribution in [0.3, 0.4) is 0 Å². The van der Waals surface area contributed by atoms with Crippen LogP contribution in [0.5, 0.6) is 11.5 Å². The predicted octanol–water partition coefficient (Wildman–Crippen LogP) is 0.670. The Balaban J connectivity index is 1.76. The fourth-order valence-corrected chi connectivity index (χ4v) is 4.98. The number of ether oxygens (including phenoxy) is 2. The number of nitrogens with zero attached hydrogens (tertiary/aromatic N) is 3. The first-order valence-electron chi connectivity index (χ1n) is 11.9. The second kappa shape index (κ2) is 12.4. The molecule has 10 nitrogen and oxygen atoms in total. The number of para-hydroxylation sites is 1. The molecule has 3 rings (SSSR count). The maximum absolute atomic E-state index is 13.1. The summed E-state index contributed by atoms with van der Waals surface area (Å²) in [7, 11) is -3.27. The Morgan fingerprint density at radius 2 is 1.88 bits per heavy atom. The lowest BCUT2D eigenvalue weighted by Crippen LogP contribution is -2.52. The van der Waals surface area contributed by atoms with Crippen LogP contribution in [0.15, 0.2) is 18.2 Å². The molecule has 1 fully saturated rings. The van der Waals surface area contributed by atoms with E-state index < -0.39 is 10.0 Å². The van der Waals surface area contributed by atoms with Gasteiger partial charge in [-0.1, -0.05) is 12.1 Å². The highest BCUT2D eigenvalue weighted by atomic mass is 32.2. The molecular formula is C23H36N4O6S. The van der Waals surface area contributed by atoms with Gasteiger partial charge in [-0.25, -0.2) is 8.42 Å². The van der Waals surface area contributed by atoms with Gasteiger partial charge in [0, 0.05) is 44.8 Å². The lowest BCUT2D eigenvalue weighted by molar-refractivity contribution is -0.134. The molecule has 1 aromatic rings. The molecule has 0 bridgehead atoms. The molecule has 0 radical (unpaired) electrons. The highest BCUT2D eigenvalue weighted by molar-refractivity contribution is 7.88. The molecule has 34 heavy (non-hydrogen) atoms. The van der Waals surface area contributed by atoms with Crippen molar-refractivity contribution in [1.29, 1.82) is 0 Å². The SMILES string of the molecule is CCOc1cccc2c1OCCCCCNC(=O)CN(CC(=O)N1CCN(S(C)(=O)=O)CC1)C2. The van der Waals surface area contributed by atoms with Crippen molar-refractivity contribution in [3.63, 3.8) is 0 Å². The first-order chi connectivity index (χ1) is 16.3. The summed E-state index contributed by atoms with van der Waals surface area (Å²) >= 11 is 0. The number of hydrogen-bond acceptors (Lipinski definition) is 7. The minimum absolute atomic E-state index is 0.0462. The summed E-state index contributed by atoms with van der Waals surface area (Å²) in [5.74, 6) is 1.05. The first-order valence-corrected chi connectivity index (χ1v) is 13.7. The van der Waals surface area contributed by atoms with Crippen molar-refractivity contribution in [2.24, 2.45) is 0 Å². The number of rotatable bonds is 5. The van der Waals surface area contributed by atoms with Crippen LogP contribution in [0.1, 0.15) is 31.7 Å². The van der Waals surface area contributed by atoms with E-state index in [-0.39, 0.29) is 38.0 Å². The lowest BCUT2D eigenvalue weighted by Gasteiger charge is -2.34. The van der Waals surface area contributed by atoms with Crippen molar-refractivity contribution in [2.45, 2.75) is 32.7 Å². The third kappa shape index (κ3) is 7.57. The number of carbonyl (C=O) groups excluding carboxylic acids is 2. The second-order valence-corrected chi connectivity index (χ2v) is 10.6. The van der Waals surface area contributed by atoms with Crippen LogP contribution in [0, 0.1) is 0 Å². The number of hydrogen-bond donors (Lipinski definition) is 1. The fraction of sp³-hybridized carbons (Fsp3) is 0.652. The predicted molar refractivity (Wildman–Crippen MR) is 128 cm³/mol. The molecule has 0 aliphatic carbocycles. The van der Waals surface area contributed by atoms with Gasteiger partial charge in [0.05, 0.1) is 32.6 Å². The molecule has 1 N–H and O–H groups in total. The van der Waals surface area contributed by atoms with Crippen molar-refractivity contribution in [1.82, 2.24) is 19.4 Å². The van der Waals surface area contributed by atoms with Gasteiger partial charge < -0.3 is 19.7 Å². The number of carbonyl (C=O) groups is 2. The molecule has 0 atom stereocenters. The maximum atomic E-state index is 13.1. The Kier molecular flexibility index (Phi) is 9.54. The van der Waals surface area contributed by atoms with E-state index in [1.165, 1.54) is 10.6 Å². The molecule has 2 heterocycles. The average Bonchev–Trinajstić information content (AvgIpc) is 2.80. The third-order valence-electron chi connectivity index (χ3n) is 5.93. The van der Waals surface area contributed by atoms with Gasteiger partial charge in [0.25, 0.3) is 0 Å². The average molecular weight is 497 g/mol. The largest absolute Gasteiger partial charge is 0.490 e. The number of piperazine rings is 1. The van der Waals surface area contributed by atoms with Crippen molar-refractivity contribution in [3.05, 3.63) is 23.8 Å². The summed E-state index contributed by atoms with van der Waals surface area (Å²) in [5, 5.41) is 2.94. The molecule has 2 amide bonds. The Bertz CT molecular complexity index is 947. The van der Waals surface area contributed by atoms with Crippen molar-refractivity contribution < 1.29 is 27.5 Å². The van der Waals surface area contributed by atoms with Crippen molar-refractivity contribution in [2.75, 3.05) is 65.3 Å². The molecule has 11 heteroatoms. The molecule has 0 spiro atoms. The Morgan fingerprint density at radius 1 is 1.12 bits per heavy atom. The standard InChI is InChI=1S/C23H36N4O6S/c1-3-32-20-9-7-8-19-16-25(17-21(28)24-10-5-4-6-15-33-23(19)20)18-22(29)26-11-13-27(14-12-26)34(2,30)31/h7-9H,3-6,10-18H2,1-2H3,(H,24,28). The van der Waals surface area contributed by atoms with Crippen LogP contribution in [-0.2, 0) is 26.2 Å². The van der Waals surface area contributed by atoms with E-state index in [4.69, 9.17) is 9.47 Å². The highest BCUT2D eigenvalue weighted by Gasteiger charge is 2.28. The molecule has 2 aliphatic rings. The van der Waals surface area contributed by atoms with Crippen LogP contribution in [0.2, 0.25) is 0 Å². The number of nitrogens with one attached hydrogen (secondary N) is 1. The minimum Gasteiger partial charge on any atom is -0.490 e. The Labute approximate surface area is 202 Å². The number of sulfonamides is 1. The summed E-state index contributed by atoms with van der Waals surface area (Å²) in [6.07, 6.45) is 3.85. The Morgan fingerprint density at radius 3 is 2.59 bits per heavy atom. The molecule has 190 valence electrons. The number of fused-ring (bicyclic) bond motifs is 1. The van der Waals surface area contributed by atoms with Gasteiger partial charge in [0.15, 0.2) is 11.5 Å². The maximum Gasteiger partial charge on any atom is 0.236 e. The molecule has 0 saturated carbocycles. The van der Waals surface area contributed by atoms with Crippen molar-refractivity contribution in [3.8, 4) is 11.5 Å². The van der Waals surface area contributed by atoms with E-state index in [1.54, 1.807) is 9.80 Å². The summed E-state index contributed by atoms with van der Waals surface area (Å²) < 4.78 is 36.8. The molecule has 1 saturated heterocycles. The van der Waals surface area contributed by atoms with E-state index in [0.717, 1.165) is 24.8 Å². The monoisotopic (exact) mass is 496 g/mol. The topological polar surface area (TPSA) is 108 Å². The van der Waals surface area contributed by atoms with E-state index in [9.17, 15) is 18.0 Å². The third-order valence-corrected chi connectivity index (χ3v) is 7.23. The van der Waals surface area contributed by atoms with Gasteiger partial charge in [0.2, 0.25) is 21.8 Å². The second-order valence-electron chi connectivity index (χ2n) is 8.62. The van der Waals surface area contributed by atoms with Gasteiger partial charge in [-0.15, -0.1) is 0 Å².